The Morgan fingerprint density at radius 2 is 1.88 bits per heavy atom. The summed E-state index contributed by atoms with van der Waals surface area (Å²) in [5.41, 5.74) is 0.192. The number of hydrogen-bond acceptors (Lipinski definition) is 3. The molecule has 2 aliphatic rings. The SMILES string of the molecule is [C-]#[N+]c1ccc(C(=O)N2CCC3(CC2)C(=O)NC(=O)N3CC)cc1. The van der Waals surface area contributed by atoms with Crippen LogP contribution in [0.2, 0.25) is 0 Å². The summed E-state index contributed by atoms with van der Waals surface area (Å²) in [6, 6.07) is 6.17. The van der Waals surface area contributed by atoms with Gasteiger partial charge in [-0.25, -0.2) is 9.64 Å². The number of nitrogens with one attached hydrogen (secondary N) is 1. The lowest BCUT2D eigenvalue weighted by atomic mass is 9.86. The molecule has 1 spiro atoms. The van der Waals surface area contributed by atoms with E-state index in [2.05, 4.69) is 10.2 Å². The number of amides is 4. The fourth-order valence-electron chi connectivity index (χ4n) is 3.48. The Labute approximate surface area is 140 Å². The van der Waals surface area contributed by atoms with Crippen molar-refractivity contribution in [2.45, 2.75) is 25.3 Å². The van der Waals surface area contributed by atoms with E-state index in [1.165, 1.54) is 0 Å². The maximum Gasteiger partial charge on any atom is 0.325 e. The summed E-state index contributed by atoms with van der Waals surface area (Å²) >= 11 is 0. The largest absolute Gasteiger partial charge is 0.338 e. The van der Waals surface area contributed by atoms with Crippen molar-refractivity contribution < 1.29 is 14.4 Å². The van der Waals surface area contributed by atoms with Crippen LogP contribution in [0.5, 0.6) is 0 Å². The monoisotopic (exact) mass is 326 g/mol. The Hall–Kier alpha value is -2.88. The lowest BCUT2D eigenvalue weighted by Gasteiger charge is -2.41. The van der Waals surface area contributed by atoms with Crippen LogP contribution in [0.1, 0.15) is 30.1 Å². The molecule has 124 valence electrons. The van der Waals surface area contributed by atoms with Gasteiger partial charge in [0.2, 0.25) is 0 Å². The van der Waals surface area contributed by atoms with Gasteiger partial charge >= 0.3 is 6.03 Å². The molecule has 7 nitrogen and oxygen atoms in total. The molecule has 1 aromatic rings. The number of imide groups is 1. The van der Waals surface area contributed by atoms with Crippen LogP contribution in [-0.4, -0.2) is 52.8 Å². The number of urea groups is 1. The number of carbonyl (C=O) groups is 3. The average Bonchev–Trinajstić information content (AvgIpc) is 2.84. The summed E-state index contributed by atoms with van der Waals surface area (Å²) < 4.78 is 0. The lowest BCUT2D eigenvalue weighted by Crippen LogP contribution is -2.57. The molecule has 2 saturated heterocycles. The van der Waals surface area contributed by atoms with Crippen LogP contribution < -0.4 is 5.32 Å². The molecule has 0 aliphatic carbocycles. The fourth-order valence-corrected chi connectivity index (χ4v) is 3.48. The Kier molecular flexibility index (Phi) is 3.97. The normalized spacial score (nSPS) is 19.3. The van der Waals surface area contributed by atoms with Crippen LogP contribution in [0.25, 0.3) is 4.85 Å². The third-order valence-electron chi connectivity index (χ3n) is 4.84. The maximum absolute atomic E-state index is 12.6. The molecule has 7 heteroatoms. The molecule has 1 aromatic carbocycles. The second-order valence-electron chi connectivity index (χ2n) is 5.99. The van der Waals surface area contributed by atoms with Gasteiger partial charge in [-0.05, 0) is 19.8 Å². The van der Waals surface area contributed by atoms with E-state index >= 15 is 0 Å². The van der Waals surface area contributed by atoms with Crippen molar-refractivity contribution in [3.63, 3.8) is 0 Å². The van der Waals surface area contributed by atoms with Crippen molar-refractivity contribution in [3.8, 4) is 0 Å². The summed E-state index contributed by atoms with van der Waals surface area (Å²) in [6.07, 6.45) is 0.870. The Balaban J connectivity index is 1.72. The van der Waals surface area contributed by atoms with Crippen LogP contribution in [0.4, 0.5) is 10.5 Å². The van der Waals surface area contributed by atoms with Gasteiger partial charge < -0.3 is 9.80 Å². The van der Waals surface area contributed by atoms with Crippen LogP contribution >= 0.6 is 0 Å². The van der Waals surface area contributed by atoms with E-state index in [1.807, 2.05) is 6.92 Å². The quantitative estimate of drug-likeness (QED) is 0.665. The topological polar surface area (TPSA) is 74.1 Å². The molecule has 2 heterocycles. The zero-order valence-electron chi connectivity index (χ0n) is 13.4. The van der Waals surface area contributed by atoms with Crippen LogP contribution in [0.3, 0.4) is 0 Å². The number of carbonyl (C=O) groups excluding carboxylic acids is 3. The van der Waals surface area contributed by atoms with Gasteiger partial charge in [0.25, 0.3) is 11.8 Å². The molecule has 3 rings (SSSR count). The number of piperidine rings is 1. The third-order valence-corrected chi connectivity index (χ3v) is 4.84. The first-order chi connectivity index (χ1) is 11.5. The van der Waals surface area contributed by atoms with E-state index < -0.39 is 5.54 Å². The molecule has 4 amide bonds. The van der Waals surface area contributed by atoms with E-state index in [9.17, 15) is 14.4 Å². The van der Waals surface area contributed by atoms with Crippen LogP contribution in [0.15, 0.2) is 24.3 Å². The minimum Gasteiger partial charge on any atom is -0.338 e. The summed E-state index contributed by atoms with van der Waals surface area (Å²) in [4.78, 5) is 43.3. The number of hydrogen-bond donors (Lipinski definition) is 1. The van der Waals surface area contributed by atoms with Gasteiger partial charge in [0.05, 0.1) is 6.57 Å². The molecule has 0 bridgehead atoms. The van der Waals surface area contributed by atoms with Gasteiger partial charge in [0.1, 0.15) is 5.54 Å². The van der Waals surface area contributed by atoms with Crippen LogP contribution in [0, 0.1) is 6.57 Å². The highest BCUT2D eigenvalue weighted by molar-refractivity contribution is 6.07. The number of rotatable bonds is 2. The van der Waals surface area contributed by atoms with Crippen molar-refractivity contribution in [3.05, 3.63) is 41.2 Å². The predicted octanol–water partition coefficient (Wildman–Crippen LogP) is 1.78. The molecule has 0 atom stereocenters. The highest BCUT2D eigenvalue weighted by Crippen LogP contribution is 2.33. The Bertz CT molecular complexity index is 727. The first-order valence-electron chi connectivity index (χ1n) is 7.91. The van der Waals surface area contributed by atoms with Gasteiger partial charge in [0.15, 0.2) is 5.69 Å². The first-order valence-corrected chi connectivity index (χ1v) is 7.91. The van der Waals surface area contributed by atoms with Crippen molar-refractivity contribution in [2.24, 2.45) is 0 Å². The van der Waals surface area contributed by atoms with E-state index in [4.69, 9.17) is 6.57 Å². The second kappa shape index (κ2) is 5.96. The number of likely N-dealkylation sites (N-methyl/N-ethyl adjacent to an activating group) is 1. The standard InChI is InChI=1S/C17H18N4O3/c1-3-21-16(24)19-15(23)17(21)8-10-20(11-9-17)14(22)12-4-6-13(18-2)7-5-12/h4-7H,3,8-11H2,1H3,(H,19,23,24). The van der Waals surface area contributed by atoms with E-state index in [-0.39, 0.29) is 17.8 Å². The van der Waals surface area contributed by atoms with Gasteiger partial charge in [-0.3, -0.25) is 14.9 Å². The Morgan fingerprint density at radius 3 is 2.42 bits per heavy atom. The third kappa shape index (κ3) is 2.40. The van der Waals surface area contributed by atoms with Gasteiger partial charge in [-0.15, -0.1) is 0 Å². The van der Waals surface area contributed by atoms with E-state index in [1.54, 1.807) is 34.1 Å². The second-order valence-corrected chi connectivity index (χ2v) is 5.99. The van der Waals surface area contributed by atoms with Crippen molar-refractivity contribution in [2.75, 3.05) is 19.6 Å². The molecule has 2 fully saturated rings. The van der Waals surface area contributed by atoms with Gasteiger partial charge in [-0.1, -0.05) is 24.3 Å². The molecular weight excluding hydrogens is 308 g/mol. The van der Waals surface area contributed by atoms with Crippen LogP contribution in [-0.2, 0) is 4.79 Å². The van der Waals surface area contributed by atoms with Gasteiger partial charge in [0, 0.05) is 25.2 Å². The molecule has 1 N–H and O–H groups in total. The van der Waals surface area contributed by atoms with Crippen molar-refractivity contribution >= 4 is 23.5 Å². The first kappa shape index (κ1) is 16.0. The Morgan fingerprint density at radius 1 is 1.25 bits per heavy atom. The van der Waals surface area contributed by atoms with Gasteiger partial charge in [-0.2, -0.15) is 0 Å². The average molecular weight is 326 g/mol. The number of likely N-dealkylation sites (tertiary alicyclic amines) is 1. The summed E-state index contributed by atoms with van der Waals surface area (Å²) in [5, 5.41) is 2.38. The summed E-state index contributed by atoms with van der Waals surface area (Å²) in [6.45, 7) is 10.1. The summed E-state index contributed by atoms with van der Waals surface area (Å²) in [7, 11) is 0. The van der Waals surface area contributed by atoms with Crippen molar-refractivity contribution in [1.82, 2.24) is 15.1 Å². The van der Waals surface area contributed by atoms with Crippen molar-refractivity contribution in [1.29, 1.82) is 0 Å². The molecule has 0 aromatic heterocycles. The zero-order chi connectivity index (χ0) is 17.3. The fraction of sp³-hybridized carbons (Fsp3) is 0.412. The van der Waals surface area contributed by atoms with E-state index in [0.717, 1.165) is 0 Å². The molecule has 2 aliphatic heterocycles. The highest BCUT2D eigenvalue weighted by Gasteiger charge is 2.53. The summed E-state index contributed by atoms with van der Waals surface area (Å²) in [5.74, 6) is -0.378. The number of nitrogens with zero attached hydrogens (tertiary/aromatic N) is 3. The molecule has 0 unspecified atom stereocenters. The minimum absolute atomic E-state index is 0.117. The number of benzene rings is 1. The predicted molar refractivity (Wildman–Crippen MR) is 86.5 cm³/mol. The molecule has 0 radical (unpaired) electrons. The molecular formula is C17H18N4O3. The highest BCUT2D eigenvalue weighted by atomic mass is 16.2. The lowest BCUT2D eigenvalue weighted by molar-refractivity contribution is -0.128. The molecule has 0 saturated carbocycles. The molecule has 24 heavy (non-hydrogen) atoms. The maximum atomic E-state index is 12.6. The zero-order valence-corrected chi connectivity index (χ0v) is 13.4. The smallest absolute Gasteiger partial charge is 0.325 e. The van der Waals surface area contributed by atoms with E-state index in [0.29, 0.717) is 43.7 Å². The minimum atomic E-state index is -0.823.